The van der Waals surface area contributed by atoms with Gasteiger partial charge < -0.3 is 5.32 Å². The van der Waals surface area contributed by atoms with E-state index in [9.17, 15) is 0 Å². The lowest BCUT2D eigenvalue weighted by Gasteiger charge is -2.33. The fourth-order valence-electron chi connectivity index (χ4n) is 3.21. The summed E-state index contributed by atoms with van der Waals surface area (Å²) in [7, 11) is 0. The lowest BCUT2D eigenvalue weighted by atomic mass is 9.78. The molecule has 0 amide bonds. The summed E-state index contributed by atoms with van der Waals surface area (Å²) in [6.45, 7) is 4.37. The number of halogens is 1. The molecule has 0 radical (unpaired) electrons. The Hall–Kier alpha value is -0.670. The van der Waals surface area contributed by atoms with E-state index in [-0.39, 0.29) is 5.54 Å². The first-order valence-electron chi connectivity index (χ1n) is 7.32. The first-order chi connectivity index (χ1) is 9.56. The molecule has 1 fully saturated rings. The highest BCUT2D eigenvalue weighted by atomic mass is 35.5. The molecule has 1 saturated carbocycles. The van der Waals surface area contributed by atoms with Gasteiger partial charge in [-0.25, -0.2) is 0 Å². The van der Waals surface area contributed by atoms with Crippen molar-refractivity contribution in [2.45, 2.75) is 45.1 Å². The zero-order chi connectivity index (χ0) is 14.2. The standard InChI is InChI=1S/C16H21ClN2S/c1-11-4-3-7-16(9-11)10-20-15(19-16)18-13-6-5-12(2)14(17)8-13/h5-6,8,11H,3-4,7,9-10H2,1-2H3,(H,18,19). The van der Waals surface area contributed by atoms with Crippen LogP contribution in [0.3, 0.4) is 0 Å². The number of aryl methyl sites for hydroxylation is 1. The molecule has 0 saturated heterocycles. The highest BCUT2D eigenvalue weighted by Gasteiger charge is 2.39. The molecule has 2 aliphatic rings. The Morgan fingerprint density at radius 2 is 2.30 bits per heavy atom. The number of benzene rings is 1. The number of hydrogen-bond donors (Lipinski definition) is 1. The molecule has 0 aromatic heterocycles. The largest absolute Gasteiger partial charge is 0.335 e. The van der Waals surface area contributed by atoms with Crippen molar-refractivity contribution in [1.82, 2.24) is 0 Å². The maximum atomic E-state index is 6.17. The van der Waals surface area contributed by atoms with E-state index >= 15 is 0 Å². The highest BCUT2D eigenvalue weighted by Crippen LogP contribution is 2.42. The van der Waals surface area contributed by atoms with E-state index in [0.717, 1.165) is 33.1 Å². The van der Waals surface area contributed by atoms with E-state index in [1.807, 2.05) is 30.8 Å². The number of rotatable bonds is 1. The van der Waals surface area contributed by atoms with Gasteiger partial charge in [-0.2, -0.15) is 0 Å². The summed E-state index contributed by atoms with van der Waals surface area (Å²) in [6, 6.07) is 6.09. The minimum Gasteiger partial charge on any atom is -0.335 e. The van der Waals surface area contributed by atoms with Crippen molar-refractivity contribution in [3.63, 3.8) is 0 Å². The quantitative estimate of drug-likeness (QED) is 0.779. The third kappa shape index (κ3) is 2.99. The van der Waals surface area contributed by atoms with Gasteiger partial charge in [-0.3, -0.25) is 4.99 Å². The Bertz CT molecular complexity index is 543. The summed E-state index contributed by atoms with van der Waals surface area (Å²) in [5.74, 6) is 1.93. The van der Waals surface area contributed by atoms with Crippen molar-refractivity contribution in [3.05, 3.63) is 28.8 Å². The Balaban J connectivity index is 1.73. The van der Waals surface area contributed by atoms with Crippen LogP contribution < -0.4 is 5.32 Å². The normalized spacial score (nSPS) is 29.6. The maximum absolute atomic E-state index is 6.17. The average Bonchev–Trinajstić information content (AvgIpc) is 2.76. The van der Waals surface area contributed by atoms with Crippen LogP contribution in [0.2, 0.25) is 5.02 Å². The zero-order valence-corrected chi connectivity index (χ0v) is 13.7. The van der Waals surface area contributed by atoms with Crippen molar-refractivity contribution in [3.8, 4) is 0 Å². The number of hydrogen-bond acceptors (Lipinski definition) is 3. The van der Waals surface area contributed by atoms with E-state index in [1.54, 1.807) is 0 Å². The highest BCUT2D eigenvalue weighted by molar-refractivity contribution is 8.14. The average molecular weight is 309 g/mol. The Kier molecular flexibility index (Phi) is 4.00. The second-order valence-corrected chi connectivity index (χ2v) is 7.59. The van der Waals surface area contributed by atoms with Crippen LogP contribution >= 0.6 is 23.4 Å². The molecular weight excluding hydrogens is 288 g/mol. The number of aliphatic imine (C=N–C) groups is 1. The lowest BCUT2D eigenvalue weighted by Crippen LogP contribution is -2.33. The molecule has 4 heteroatoms. The Labute approximate surface area is 130 Å². The molecule has 1 heterocycles. The van der Waals surface area contributed by atoms with Gasteiger partial charge in [-0.1, -0.05) is 49.2 Å². The summed E-state index contributed by atoms with van der Waals surface area (Å²) >= 11 is 8.02. The first kappa shape index (κ1) is 14.3. The predicted molar refractivity (Wildman–Crippen MR) is 90.1 cm³/mol. The number of amidine groups is 1. The second kappa shape index (κ2) is 5.61. The van der Waals surface area contributed by atoms with Gasteiger partial charge >= 0.3 is 0 Å². The molecule has 20 heavy (non-hydrogen) atoms. The summed E-state index contributed by atoms with van der Waals surface area (Å²) in [6.07, 6.45) is 5.15. The summed E-state index contributed by atoms with van der Waals surface area (Å²) in [5.41, 5.74) is 2.34. The van der Waals surface area contributed by atoms with Crippen LogP contribution in [0.1, 0.15) is 38.2 Å². The van der Waals surface area contributed by atoms with Crippen molar-refractivity contribution < 1.29 is 0 Å². The van der Waals surface area contributed by atoms with Crippen LogP contribution in [-0.4, -0.2) is 16.5 Å². The van der Waals surface area contributed by atoms with Gasteiger partial charge in [-0.15, -0.1) is 0 Å². The Morgan fingerprint density at radius 1 is 1.45 bits per heavy atom. The van der Waals surface area contributed by atoms with Crippen LogP contribution in [0.15, 0.2) is 23.2 Å². The van der Waals surface area contributed by atoms with Crippen molar-refractivity contribution in [2.24, 2.45) is 10.9 Å². The molecule has 1 aliphatic heterocycles. The SMILES string of the molecule is Cc1ccc(NC2=NC3(CCCC(C)C3)CS2)cc1Cl. The number of nitrogens with one attached hydrogen (secondary N) is 1. The number of anilines is 1. The van der Waals surface area contributed by atoms with E-state index < -0.39 is 0 Å². The molecule has 1 aliphatic carbocycles. The van der Waals surface area contributed by atoms with E-state index in [4.69, 9.17) is 16.6 Å². The molecule has 2 atom stereocenters. The van der Waals surface area contributed by atoms with Crippen molar-refractivity contribution >= 4 is 34.2 Å². The fourth-order valence-corrected chi connectivity index (χ4v) is 4.57. The monoisotopic (exact) mass is 308 g/mol. The molecule has 1 spiro atoms. The van der Waals surface area contributed by atoms with Crippen LogP contribution in [0, 0.1) is 12.8 Å². The van der Waals surface area contributed by atoms with Crippen LogP contribution in [0.4, 0.5) is 5.69 Å². The summed E-state index contributed by atoms with van der Waals surface area (Å²) in [4.78, 5) is 5.00. The molecule has 2 unspecified atom stereocenters. The molecule has 1 aromatic rings. The molecule has 3 rings (SSSR count). The van der Waals surface area contributed by atoms with Crippen LogP contribution in [0.25, 0.3) is 0 Å². The van der Waals surface area contributed by atoms with Gasteiger partial charge in [0, 0.05) is 16.5 Å². The van der Waals surface area contributed by atoms with Crippen molar-refractivity contribution in [2.75, 3.05) is 11.1 Å². The minimum absolute atomic E-state index is 0.194. The van der Waals surface area contributed by atoms with E-state index in [0.29, 0.717) is 0 Å². The predicted octanol–water partition coefficient (Wildman–Crippen LogP) is 5.11. The minimum atomic E-state index is 0.194. The van der Waals surface area contributed by atoms with Crippen LogP contribution in [-0.2, 0) is 0 Å². The molecule has 108 valence electrons. The van der Waals surface area contributed by atoms with Gasteiger partial charge in [0.1, 0.15) is 0 Å². The molecule has 1 aromatic carbocycles. The molecule has 1 N–H and O–H groups in total. The maximum Gasteiger partial charge on any atom is 0.161 e. The number of thioether (sulfide) groups is 1. The zero-order valence-electron chi connectivity index (χ0n) is 12.1. The van der Waals surface area contributed by atoms with Gasteiger partial charge in [0.25, 0.3) is 0 Å². The Morgan fingerprint density at radius 3 is 3.05 bits per heavy atom. The van der Waals surface area contributed by atoms with Crippen LogP contribution in [0.5, 0.6) is 0 Å². The van der Waals surface area contributed by atoms with Gasteiger partial charge in [-0.05, 0) is 43.4 Å². The molecular formula is C16H21ClN2S. The smallest absolute Gasteiger partial charge is 0.161 e. The number of nitrogens with zero attached hydrogens (tertiary/aromatic N) is 1. The summed E-state index contributed by atoms with van der Waals surface area (Å²) < 4.78 is 0. The van der Waals surface area contributed by atoms with Crippen molar-refractivity contribution in [1.29, 1.82) is 0 Å². The third-order valence-electron chi connectivity index (χ3n) is 4.31. The van der Waals surface area contributed by atoms with Gasteiger partial charge in [0.2, 0.25) is 0 Å². The summed E-state index contributed by atoms with van der Waals surface area (Å²) in [5, 5.41) is 5.28. The first-order valence-corrected chi connectivity index (χ1v) is 8.69. The van der Waals surface area contributed by atoms with E-state index in [2.05, 4.69) is 18.3 Å². The molecule has 0 bridgehead atoms. The van der Waals surface area contributed by atoms with E-state index in [1.165, 1.54) is 25.7 Å². The third-order valence-corrected chi connectivity index (χ3v) is 5.86. The fraction of sp³-hybridized carbons (Fsp3) is 0.562. The van der Waals surface area contributed by atoms with Gasteiger partial charge in [0.15, 0.2) is 5.17 Å². The second-order valence-electron chi connectivity index (χ2n) is 6.22. The van der Waals surface area contributed by atoms with Gasteiger partial charge in [0.05, 0.1) is 5.54 Å². The molecule has 2 nitrogen and oxygen atoms in total. The lowest BCUT2D eigenvalue weighted by molar-refractivity contribution is 0.266. The topological polar surface area (TPSA) is 24.4 Å².